The molecule has 1 aromatic rings. The second-order valence-corrected chi connectivity index (χ2v) is 7.42. The summed E-state index contributed by atoms with van der Waals surface area (Å²) in [6.45, 7) is 7.91. The summed E-state index contributed by atoms with van der Waals surface area (Å²) < 4.78 is 6.05. The molecule has 1 heterocycles. The number of hydrogen-bond acceptors (Lipinski definition) is 3. The minimum atomic E-state index is -0.0314. The van der Waals surface area contributed by atoms with Crippen LogP contribution in [0.4, 0.5) is 0 Å². The van der Waals surface area contributed by atoms with Gasteiger partial charge in [-0.05, 0) is 49.1 Å². The van der Waals surface area contributed by atoms with Gasteiger partial charge in [-0.2, -0.15) is 0 Å². The maximum atomic E-state index is 6.05. The Morgan fingerprint density at radius 1 is 1.32 bits per heavy atom. The van der Waals surface area contributed by atoms with Gasteiger partial charge in [-0.1, -0.05) is 26.8 Å². The van der Waals surface area contributed by atoms with Crippen LogP contribution < -0.4 is 5.32 Å². The van der Waals surface area contributed by atoms with Crippen LogP contribution in [-0.2, 0) is 4.74 Å². The summed E-state index contributed by atoms with van der Waals surface area (Å²) in [4.78, 5) is 1.41. The third-order valence-electron chi connectivity index (χ3n) is 4.62. The summed E-state index contributed by atoms with van der Waals surface area (Å²) in [6.07, 6.45) is 4.78. The van der Waals surface area contributed by atoms with Crippen molar-refractivity contribution in [3.8, 4) is 0 Å². The quantitative estimate of drug-likeness (QED) is 0.864. The lowest BCUT2D eigenvalue weighted by molar-refractivity contribution is -0.0865. The Hall–Kier alpha value is -0.380. The molecule has 2 nitrogen and oxygen atoms in total. The molecule has 3 heteroatoms. The highest BCUT2D eigenvalue weighted by atomic mass is 32.1. The van der Waals surface area contributed by atoms with Crippen molar-refractivity contribution in [2.75, 3.05) is 13.7 Å². The van der Waals surface area contributed by atoms with Gasteiger partial charge in [0.05, 0.1) is 11.6 Å². The van der Waals surface area contributed by atoms with Crippen LogP contribution in [0, 0.1) is 5.41 Å². The zero-order chi connectivity index (χ0) is 13.9. The number of hydrogen-bond donors (Lipinski definition) is 1. The number of likely N-dealkylation sites (N-methyl/N-ethyl adjacent to an activating group) is 1. The van der Waals surface area contributed by atoms with Gasteiger partial charge in [-0.25, -0.2) is 0 Å². The first kappa shape index (κ1) is 15.0. The summed E-state index contributed by atoms with van der Waals surface area (Å²) in [5.74, 6) is 0. The molecular formula is C16H27NOS. The predicted molar refractivity (Wildman–Crippen MR) is 82.7 cm³/mol. The van der Waals surface area contributed by atoms with E-state index in [2.05, 4.69) is 43.6 Å². The van der Waals surface area contributed by atoms with Crippen molar-refractivity contribution in [3.63, 3.8) is 0 Å². The predicted octanol–water partition coefficient (Wildman–Crippen LogP) is 4.38. The van der Waals surface area contributed by atoms with Crippen molar-refractivity contribution in [1.29, 1.82) is 0 Å². The van der Waals surface area contributed by atoms with Gasteiger partial charge in [0.1, 0.15) is 0 Å². The first-order valence-corrected chi connectivity index (χ1v) is 8.23. The number of nitrogens with one attached hydrogen (secondary N) is 1. The molecule has 1 atom stereocenters. The molecule has 0 saturated heterocycles. The second-order valence-electron chi connectivity index (χ2n) is 6.44. The highest BCUT2D eigenvalue weighted by Gasteiger charge is 2.44. The largest absolute Gasteiger partial charge is 0.376 e. The third-order valence-corrected chi connectivity index (χ3v) is 5.56. The molecule has 0 radical (unpaired) electrons. The molecule has 1 N–H and O–H groups in total. The molecule has 19 heavy (non-hydrogen) atoms. The molecule has 0 aromatic carbocycles. The first-order valence-electron chi connectivity index (χ1n) is 7.35. The smallest absolute Gasteiger partial charge is 0.0880 e. The van der Waals surface area contributed by atoms with Gasteiger partial charge in [-0.15, -0.1) is 11.3 Å². The minimum Gasteiger partial charge on any atom is -0.376 e. The van der Waals surface area contributed by atoms with E-state index < -0.39 is 0 Å². The summed E-state index contributed by atoms with van der Waals surface area (Å²) in [7, 11) is 1.89. The van der Waals surface area contributed by atoms with Crippen LogP contribution in [0.5, 0.6) is 0 Å². The molecule has 1 fully saturated rings. The molecule has 1 aliphatic carbocycles. The van der Waals surface area contributed by atoms with Gasteiger partial charge >= 0.3 is 0 Å². The molecule has 108 valence electrons. The average molecular weight is 281 g/mol. The van der Waals surface area contributed by atoms with Gasteiger partial charge in [-0.3, -0.25) is 0 Å². The van der Waals surface area contributed by atoms with Crippen molar-refractivity contribution in [2.45, 2.75) is 58.1 Å². The lowest BCUT2D eigenvalue weighted by atomic mass is 9.68. The Balaban J connectivity index is 2.23. The lowest BCUT2D eigenvalue weighted by Crippen LogP contribution is -2.48. The average Bonchev–Trinajstić information content (AvgIpc) is 2.91. The zero-order valence-electron chi connectivity index (χ0n) is 12.7. The van der Waals surface area contributed by atoms with E-state index in [1.807, 2.05) is 18.4 Å². The summed E-state index contributed by atoms with van der Waals surface area (Å²) in [6, 6.07) is 4.71. The topological polar surface area (TPSA) is 21.3 Å². The van der Waals surface area contributed by atoms with Crippen LogP contribution in [0.3, 0.4) is 0 Å². The van der Waals surface area contributed by atoms with Gasteiger partial charge in [0.25, 0.3) is 0 Å². The highest BCUT2D eigenvalue weighted by molar-refractivity contribution is 7.10. The van der Waals surface area contributed by atoms with Gasteiger partial charge in [0.2, 0.25) is 0 Å². The fourth-order valence-electron chi connectivity index (χ4n) is 3.17. The molecule has 1 aromatic heterocycles. The van der Waals surface area contributed by atoms with E-state index in [-0.39, 0.29) is 5.60 Å². The number of methoxy groups -OCH3 is 1. The van der Waals surface area contributed by atoms with Gasteiger partial charge < -0.3 is 10.1 Å². The number of ether oxygens (including phenoxy) is 1. The monoisotopic (exact) mass is 281 g/mol. The lowest BCUT2D eigenvalue weighted by Gasteiger charge is -2.47. The summed E-state index contributed by atoms with van der Waals surface area (Å²) in [5, 5.41) is 5.82. The van der Waals surface area contributed by atoms with E-state index >= 15 is 0 Å². The van der Waals surface area contributed by atoms with E-state index in [0.717, 1.165) is 19.4 Å². The van der Waals surface area contributed by atoms with Crippen molar-refractivity contribution < 1.29 is 4.74 Å². The first-order chi connectivity index (χ1) is 9.03. The summed E-state index contributed by atoms with van der Waals surface area (Å²) in [5.41, 5.74) is 0.435. The van der Waals surface area contributed by atoms with Crippen molar-refractivity contribution in [2.24, 2.45) is 5.41 Å². The normalized spacial score (nSPS) is 23.2. The molecule has 1 saturated carbocycles. The van der Waals surface area contributed by atoms with Crippen LogP contribution in [0.2, 0.25) is 0 Å². The minimum absolute atomic E-state index is 0.0314. The Kier molecular flexibility index (Phi) is 4.70. The SMILES string of the molecule is CCNC(c1cccs1)C1(OC)CCC(C)(C)CC1. The molecule has 0 aliphatic heterocycles. The molecule has 0 amide bonds. The third kappa shape index (κ3) is 3.21. The molecule has 1 unspecified atom stereocenters. The summed E-state index contributed by atoms with van der Waals surface area (Å²) >= 11 is 1.84. The van der Waals surface area contributed by atoms with Crippen LogP contribution in [-0.4, -0.2) is 19.3 Å². The maximum absolute atomic E-state index is 6.05. The van der Waals surface area contributed by atoms with E-state index in [9.17, 15) is 0 Å². The number of rotatable bonds is 5. The molecule has 1 aliphatic rings. The van der Waals surface area contributed by atoms with E-state index in [4.69, 9.17) is 4.74 Å². The fraction of sp³-hybridized carbons (Fsp3) is 0.750. The van der Waals surface area contributed by atoms with Crippen molar-refractivity contribution in [3.05, 3.63) is 22.4 Å². The Bertz CT molecular complexity index is 375. The maximum Gasteiger partial charge on any atom is 0.0880 e. The van der Waals surface area contributed by atoms with E-state index in [1.165, 1.54) is 17.7 Å². The molecule has 0 spiro atoms. The highest BCUT2D eigenvalue weighted by Crippen LogP contribution is 2.47. The van der Waals surface area contributed by atoms with E-state index in [0.29, 0.717) is 11.5 Å². The van der Waals surface area contributed by atoms with Gasteiger partial charge in [0.15, 0.2) is 0 Å². The standard InChI is InChI=1S/C16H27NOS/c1-5-17-14(13-7-6-12-19-13)16(18-4)10-8-15(2,3)9-11-16/h6-7,12,14,17H,5,8-11H2,1-4H3. The molecule has 0 bridgehead atoms. The second kappa shape index (κ2) is 5.94. The molecule has 2 rings (SSSR count). The van der Waals surface area contributed by atoms with Crippen molar-refractivity contribution >= 4 is 11.3 Å². The van der Waals surface area contributed by atoms with Crippen LogP contribution in [0.1, 0.15) is 57.4 Å². The van der Waals surface area contributed by atoms with Crippen LogP contribution in [0.25, 0.3) is 0 Å². The van der Waals surface area contributed by atoms with Crippen LogP contribution in [0.15, 0.2) is 17.5 Å². The zero-order valence-corrected chi connectivity index (χ0v) is 13.5. The van der Waals surface area contributed by atoms with Gasteiger partial charge in [0, 0.05) is 12.0 Å². The molecular weight excluding hydrogens is 254 g/mol. The van der Waals surface area contributed by atoms with E-state index in [1.54, 1.807) is 0 Å². The van der Waals surface area contributed by atoms with Crippen LogP contribution >= 0.6 is 11.3 Å². The fourth-order valence-corrected chi connectivity index (χ4v) is 4.07. The Morgan fingerprint density at radius 3 is 2.47 bits per heavy atom. The Labute approximate surface area is 121 Å². The van der Waals surface area contributed by atoms with Crippen molar-refractivity contribution in [1.82, 2.24) is 5.32 Å². The number of thiophene rings is 1. The Morgan fingerprint density at radius 2 is 2.00 bits per heavy atom.